The minimum absolute atomic E-state index is 0.0218. The molecule has 1 aromatic rings. The standard InChI is InChI=1S/C13H22N4O3/c1-3-10-12(17(18)19)13(16(2)15-10)20-11-8-6-4-5-7-9(11)14/h9,11H,3-8,14H2,1-2H3. The highest BCUT2D eigenvalue weighted by Gasteiger charge is 2.31. The van der Waals surface area contributed by atoms with Crippen LogP contribution in [0.2, 0.25) is 0 Å². The molecule has 1 heterocycles. The maximum Gasteiger partial charge on any atom is 0.353 e. The van der Waals surface area contributed by atoms with E-state index in [0.29, 0.717) is 12.1 Å². The summed E-state index contributed by atoms with van der Waals surface area (Å²) in [5.74, 6) is 0.231. The summed E-state index contributed by atoms with van der Waals surface area (Å²) in [5.41, 5.74) is 6.55. The van der Waals surface area contributed by atoms with Crippen molar-refractivity contribution in [3.05, 3.63) is 15.8 Å². The summed E-state index contributed by atoms with van der Waals surface area (Å²) >= 11 is 0. The third-order valence-corrected chi connectivity index (χ3v) is 3.82. The zero-order valence-corrected chi connectivity index (χ0v) is 12.0. The fourth-order valence-electron chi connectivity index (χ4n) is 2.70. The predicted molar refractivity (Wildman–Crippen MR) is 74.7 cm³/mol. The van der Waals surface area contributed by atoms with Gasteiger partial charge < -0.3 is 10.5 Å². The third-order valence-electron chi connectivity index (χ3n) is 3.82. The van der Waals surface area contributed by atoms with Crippen LogP contribution >= 0.6 is 0 Å². The molecule has 112 valence electrons. The van der Waals surface area contributed by atoms with E-state index in [1.54, 1.807) is 7.05 Å². The molecule has 0 bridgehead atoms. The fourth-order valence-corrected chi connectivity index (χ4v) is 2.70. The molecule has 0 aromatic carbocycles. The first-order valence-corrected chi connectivity index (χ1v) is 7.17. The minimum Gasteiger partial charge on any atom is -0.468 e. The van der Waals surface area contributed by atoms with E-state index in [2.05, 4.69) is 5.10 Å². The molecule has 0 radical (unpaired) electrons. The molecule has 1 aromatic heterocycles. The molecule has 1 aliphatic rings. The molecule has 20 heavy (non-hydrogen) atoms. The van der Waals surface area contributed by atoms with Gasteiger partial charge in [-0.1, -0.05) is 19.8 Å². The van der Waals surface area contributed by atoms with Crippen LogP contribution in [0, 0.1) is 10.1 Å². The number of hydrogen-bond donors (Lipinski definition) is 1. The molecule has 2 N–H and O–H groups in total. The zero-order chi connectivity index (χ0) is 14.7. The van der Waals surface area contributed by atoms with Gasteiger partial charge in [0.15, 0.2) is 0 Å². The molecule has 0 amide bonds. The minimum atomic E-state index is -0.413. The lowest BCUT2D eigenvalue weighted by Crippen LogP contribution is -2.38. The topological polar surface area (TPSA) is 96.2 Å². The summed E-state index contributed by atoms with van der Waals surface area (Å²) in [6, 6.07) is -0.0721. The smallest absolute Gasteiger partial charge is 0.353 e. The molecule has 1 fully saturated rings. The molecular weight excluding hydrogens is 260 g/mol. The number of hydrogen-bond acceptors (Lipinski definition) is 5. The van der Waals surface area contributed by atoms with Gasteiger partial charge in [-0.05, 0) is 25.7 Å². The number of rotatable bonds is 4. The first-order chi connectivity index (χ1) is 9.54. The van der Waals surface area contributed by atoms with E-state index >= 15 is 0 Å². The van der Waals surface area contributed by atoms with Gasteiger partial charge in [-0.25, -0.2) is 4.68 Å². The van der Waals surface area contributed by atoms with E-state index < -0.39 is 4.92 Å². The second-order valence-electron chi connectivity index (χ2n) is 5.29. The Morgan fingerprint density at radius 1 is 1.45 bits per heavy atom. The van der Waals surface area contributed by atoms with Crippen LogP contribution in [0.1, 0.15) is 44.7 Å². The molecule has 2 unspecified atom stereocenters. The van der Waals surface area contributed by atoms with E-state index in [4.69, 9.17) is 10.5 Å². The molecule has 2 atom stereocenters. The molecule has 1 aliphatic carbocycles. The van der Waals surface area contributed by atoms with Crippen molar-refractivity contribution >= 4 is 5.69 Å². The highest BCUT2D eigenvalue weighted by atomic mass is 16.6. The summed E-state index contributed by atoms with van der Waals surface area (Å²) in [4.78, 5) is 10.8. The number of aryl methyl sites for hydroxylation is 2. The molecule has 0 aliphatic heterocycles. The number of nitrogens with zero attached hydrogens (tertiary/aromatic N) is 3. The first-order valence-electron chi connectivity index (χ1n) is 7.17. The van der Waals surface area contributed by atoms with Crippen molar-refractivity contribution in [1.29, 1.82) is 0 Å². The van der Waals surface area contributed by atoms with Crippen molar-refractivity contribution in [3.8, 4) is 5.88 Å². The maximum absolute atomic E-state index is 11.2. The molecule has 1 saturated carbocycles. The highest BCUT2D eigenvalue weighted by Crippen LogP contribution is 2.33. The fraction of sp³-hybridized carbons (Fsp3) is 0.769. The quantitative estimate of drug-likeness (QED) is 0.517. The Bertz CT molecular complexity index is 486. The predicted octanol–water partition coefficient (Wildman–Crippen LogP) is 1.93. The first kappa shape index (κ1) is 14.8. The van der Waals surface area contributed by atoms with Gasteiger partial charge in [0.25, 0.3) is 5.88 Å². The van der Waals surface area contributed by atoms with Gasteiger partial charge >= 0.3 is 5.69 Å². The summed E-state index contributed by atoms with van der Waals surface area (Å²) in [5, 5.41) is 15.4. The largest absolute Gasteiger partial charge is 0.468 e. The van der Waals surface area contributed by atoms with Crippen molar-refractivity contribution < 1.29 is 9.66 Å². The lowest BCUT2D eigenvalue weighted by atomic mass is 10.1. The van der Waals surface area contributed by atoms with E-state index in [0.717, 1.165) is 32.1 Å². The normalized spacial score (nSPS) is 23.4. The van der Waals surface area contributed by atoms with E-state index in [1.165, 1.54) is 4.68 Å². The van der Waals surface area contributed by atoms with Crippen LogP contribution in [0.4, 0.5) is 5.69 Å². The zero-order valence-electron chi connectivity index (χ0n) is 12.0. The Balaban J connectivity index is 2.27. The molecule has 2 rings (SSSR count). The van der Waals surface area contributed by atoms with Gasteiger partial charge in [-0.2, -0.15) is 5.10 Å². The second-order valence-corrected chi connectivity index (χ2v) is 5.29. The van der Waals surface area contributed by atoms with Crippen LogP contribution < -0.4 is 10.5 Å². The van der Waals surface area contributed by atoms with Crippen LogP contribution in [-0.4, -0.2) is 26.8 Å². The Labute approximate surface area is 118 Å². The van der Waals surface area contributed by atoms with Crippen LogP contribution in [0.25, 0.3) is 0 Å². The number of nitro groups is 1. The number of aromatic nitrogens is 2. The summed E-state index contributed by atoms with van der Waals surface area (Å²) in [6.07, 6.45) is 5.35. The SMILES string of the molecule is CCc1nn(C)c(OC2CCCCCC2N)c1[N+](=O)[O-]. The van der Waals surface area contributed by atoms with Crippen molar-refractivity contribution in [2.24, 2.45) is 12.8 Å². The van der Waals surface area contributed by atoms with Crippen molar-refractivity contribution in [2.45, 2.75) is 57.6 Å². The molecule has 7 heteroatoms. The van der Waals surface area contributed by atoms with Gasteiger partial charge in [0.1, 0.15) is 11.8 Å². The Morgan fingerprint density at radius 2 is 2.15 bits per heavy atom. The van der Waals surface area contributed by atoms with Crippen LogP contribution in [0.5, 0.6) is 5.88 Å². The highest BCUT2D eigenvalue weighted by molar-refractivity contribution is 5.46. The molecule has 0 spiro atoms. The average molecular weight is 282 g/mol. The van der Waals surface area contributed by atoms with Crippen LogP contribution in [0.3, 0.4) is 0 Å². The lowest BCUT2D eigenvalue weighted by Gasteiger charge is -2.22. The van der Waals surface area contributed by atoms with Gasteiger partial charge in [0.2, 0.25) is 0 Å². The summed E-state index contributed by atoms with van der Waals surface area (Å²) in [7, 11) is 1.67. The summed E-state index contributed by atoms with van der Waals surface area (Å²) < 4.78 is 7.34. The average Bonchev–Trinajstić information content (AvgIpc) is 2.58. The van der Waals surface area contributed by atoms with Crippen molar-refractivity contribution in [1.82, 2.24) is 9.78 Å². The van der Waals surface area contributed by atoms with Gasteiger partial charge in [-0.15, -0.1) is 0 Å². The van der Waals surface area contributed by atoms with Gasteiger partial charge in [0.05, 0.1) is 4.92 Å². The second kappa shape index (κ2) is 6.21. The Morgan fingerprint density at radius 3 is 2.80 bits per heavy atom. The van der Waals surface area contributed by atoms with Crippen molar-refractivity contribution in [3.63, 3.8) is 0 Å². The summed E-state index contributed by atoms with van der Waals surface area (Å²) in [6.45, 7) is 1.84. The molecule has 0 saturated heterocycles. The Kier molecular flexibility index (Phi) is 4.59. The maximum atomic E-state index is 11.2. The third kappa shape index (κ3) is 2.92. The van der Waals surface area contributed by atoms with Gasteiger partial charge in [0, 0.05) is 13.1 Å². The monoisotopic (exact) mass is 282 g/mol. The lowest BCUT2D eigenvalue weighted by molar-refractivity contribution is -0.386. The number of nitrogens with two attached hydrogens (primary N) is 1. The van der Waals surface area contributed by atoms with E-state index in [-0.39, 0.29) is 23.7 Å². The van der Waals surface area contributed by atoms with Crippen molar-refractivity contribution in [2.75, 3.05) is 0 Å². The number of ether oxygens (including phenoxy) is 1. The van der Waals surface area contributed by atoms with E-state index in [9.17, 15) is 10.1 Å². The van der Waals surface area contributed by atoms with Gasteiger partial charge in [-0.3, -0.25) is 10.1 Å². The Hall–Kier alpha value is -1.63. The molecular formula is C13H22N4O3. The van der Waals surface area contributed by atoms with Crippen LogP contribution in [-0.2, 0) is 13.5 Å². The van der Waals surface area contributed by atoms with E-state index in [1.807, 2.05) is 6.92 Å². The molecule has 7 nitrogen and oxygen atoms in total. The van der Waals surface area contributed by atoms with Crippen LogP contribution in [0.15, 0.2) is 0 Å².